The van der Waals surface area contributed by atoms with Crippen molar-refractivity contribution in [1.29, 1.82) is 0 Å². The summed E-state index contributed by atoms with van der Waals surface area (Å²) in [4.78, 5) is 14.2. The highest BCUT2D eigenvalue weighted by Crippen LogP contribution is 2.39. The van der Waals surface area contributed by atoms with Gasteiger partial charge in [0.15, 0.2) is 0 Å². The zero-order valence-corrected chi connectivity index (χ0v) is 11.6. The number of nitrogens with zero attached hydrogens (tertiary/aromatic N) is 3. The Morgan fingerprint density at radius 3 is 2.76 bits per heavy atom. The highest BCUT2D eigenvalue weighted by Gasteiger charge is 2.50. The van der Waals surface area contributed by atoms with Crippen LogP contribution in [0.5, 0.6) is 0 Å². The average molecular weight is 303 g/mol. The van der Waals surface area contributed by atoms with E-state index in [9.17, 15) is 18.0 Å². The molecule has 1 unspecified atom stereocenters. The number of amides is 1. The minimum atomic E-state index is -4.35. The molecule has 8 heteroatoms. The van der Waals surface area contributed by atoms with Gasteiger partial charge in [0.1, 0.15) is 6.54 Å². The van der Waals surface area contributed by atoms with Gasteiger partial charge in [0.25, 0.3) is 5.91 Å². The number of alkyl halides is 3. The van der Waals surface area contributed by atoms with E-state index in [2.05, 4.69) is 5.10 Å². The molecular formula is C13H16F3N3O2. The van der Waals surface area contributed by atoms with E-state index in [-0.39, 0.29) is 17.0 Å². The number of likely N-dealkylation sites (tertiary alicyclic amines) is 1. The first-order chi connectivity index (χ1) is 9.81. The summed E-state index contributed by atoms with van der Waals surface area (Å²) in [6.45, 7) is 2.11. The van der Waals surface area contributed by atoms with Gasteiger partial charge in [-0.3, -0.25) is 9.48 Å². The Morgan fingerprint density at radius 1 is 1.48 bits per heavy atom. The van der Waals surface area contributed by atoms with E-state index in [4.69, 9.17) is 4.74 Å². The number of aromatic nitrogens is 2. The molecule has 3 rings (SSSR count). The Labute approximate surface area is 119 Å². The molecule has 0 saturated carbocycles. The Kier molecular flexibility index (Phi) is 3.23. The van der Waals surface area contributed by atoms with Crippen LogP contribution in [0, 0.1) is 6.92 Å². The van der Waals surface area contributed by atoms with Crippen molar-refractivity contribution in [2.75, 3.05) is 19.8 Å². The second-order valence-corrected chi connectivity index (χ2v) is 5.67. The molecule has 1 atom stereocenters. The van der Waals surface area contributed by atoms with Crippen molar-refractivity contribution in [3.63, 3.8) is 0 Å². The van der Waals surface area contributed by atoms with Gasteiger partial charge in [0.05, 0.1) is 23.4 Å². The molecule has 0 aliphatic carbocycles. The van der Waals surface area contributed by atoms with Crippen molar-refractivity contribution in [2.45, 2.75) is 38.0 Å². The molecule has 0 bridgehead atoms. The summed E-state index contributed by atoms with van der Waals surface area (Å²) in [5.41, 5.74) is 0.311. The standard InChI is InChI=1S/C13H16F3N3O2/c1-9-10(6-18(17-9)7-13(14,15)16)11(20)19-4-2-12(19)3-5-21-8-12/h6H,2-5,7-8H2,1H3. The number of aryl methyl sites for hydroxylation is 1. The van der Waals surface area contributed by atoms with Crippen LogP contribution in [0.25, 0.3) is 0 Å². The van der Waals surface area contributed by atoms with Crippen LogP contribution in [0.15, 0.2) is 6.20 Å². The third kappa shape index (κ3) is 2.52. The first kappa shape index (κ1) is 14.4. The van der Waals surface area contributed by atoms with Crippen LogP contribution in [0.4, 0.5) is 13.2 Å². The summed E-state index contributed by atoms with van der Waals surface area (Å²) in [5.74, 6) is -0.252. The normalized spacial score (nSPS) is 25.4. The maximum absolute atomic E-state index is 12.5. The maximum Gasteiger partial charge on any atom is 0.408 e. The summed E-state index contributed by atoms with van der Waals surface area (Å²) in [7, 11) is 0. The van der Waals surface area contributed by atoms with Crippen molar-refractivity contribution in [3.8, 4) is 0 Å². The molecule has 2 aliphatic rings. The van der Waals surface area contributed by atoms with Gasteiger partial charge in [-0.05, 0) is 19.8 Å². The van der Waals surface area contributed by atoms with E-state index < -0.39 is 12.7 Å². The average Bonchev–Trinajstić information content (AvgIpc) is 2.93. The summed E-state index contributed by atoms with van der Waals surface area (Å²) < 4.78 is 43.3. The van der Waals surface area contributed by atoms with E-state index in [0.29, 0.717) is 25.5 Å². The molecule has 2 fully saturated rings. The predicted octanol–water partition coefficient (Wildman–Crippen LogP) is 1.76. The lowest BCUT2D eigenvalue weighted by Crippen LogP contribution is -2.62. The molecule has 0 N–H and O–H groups in total. The maximum atomic E-state index is 12.5. The minimum Gasteiger partial charge on any atom is -0.379 e. The smallest absolute Gasteiger partial charge is 0.379 e. The molecular weight excluding hydrogens is 287 g/mol. The van der Waals surface area contributed by atoms with Gasteiger partial charge in [-0.1, -0.05) is 0 Å². The SMILES string of the molecule is Cc1nn(CC(F)(F)F)cc1C(=O)N1CCC12CCOC2. The molecule has 5 nitrogen and oxygen atoms in total. The zero-order chi connectivity index (χ0) is 15.3. The van der Waals surface area contributed by atoms with Gasteiger partial charge in [-0.25, -0.2) is 0 Å². The first-order valence-electron chi connectivity index (χ1n) is 6.81. The number of hydrogen-bond acceptors (Lipinski definition) is 3. The lowest BCUT2D eigenvalue weighted by atomic mass is 9.83. The van der Waals surface area contributed by atoms with Crippen molar-refractivity contribution >= 4 is 5.91 Å². The fourth-order valence-corrected chi connectivity index (χ4v) is 3.00. The topological polar surface area (TPSA) is 47.4 Å². The van der Waals surface area contributed by atoms with Crippen molar-refractivity contribution in [2.24, 2.45) is 0 Å². The van der Waals surface area contributed by atoms with Crippen molar-refractivity contribution in [3.05, 3.63) is 17.5 Å². The lowest BCUT2D eigenvalue weighted by Gasteiger charge is -2.49. The number of carbonyl (C=O) groups excluding carboxylic acids is 1. The van der Waals surface area contributed by atoms with E-state index in [0.717, 1.165) is 17.5 Å². The molecule has 116 valence electrons. The zero-order valence-electron chi connectivity index (χ0n) is 11.6. The van der Waals surface area contributed by atoms with Gasteiger partial charge in [0, 0.05) is 19.3 Å². The number of ether oxygens (including phenoxy) is 1. The Bertz CT molecular complexity index is 561. The Balaban J connectivity index is 1.79. The number of carbonyl (C=O) groups is 1. The van der Waals surface area contributed by atoms with Gasteiger partial charge >= 0.3 is 6.18 Å². The minimum absolute atomic E-state index is 0.241. The number of rotatable bonds is 2. The predicted molar refractivity (Wildman–Crippen MR) is 66.8 cm³/mol. The molecule has 0 radical (unpaired) electrons. The highest BCUT2D eigenvalue weighted by molar-refractivity contribution is 5.96. The lowest BCUT2D eigenvalue weighted by molar-refractivity contribution is -0.142. The molecule has 1 aromatic rings. The quantitative estimate of drug-likeness (QED) is 0.836. The van der Waals surface area contributed by atoms with Gasteiger partial charge in [0.2, 0.25) is 0 Å². The largest absolute Gasteiger partial charge is 0.408 e. The van der Waals surface area contributed by atoms with Gasteiger partial charge < -0.3 is 9.64 Å². The van der Waals surface area contributed by atoms with Crippen molar-refractivity contribution < 1.29 is 22.7 Å². The second-order valence-electron chi connectivity index (χ2n) is 5.67. The van der Waals surface area contributed by atoms with E-state index in [1.165, 1.54) is 6.20 Å². The number of halogens is 3. The molecule has 21 heavy (non-hydrogen) atoms. The third-order valence-corrected chi connectivity index (χ3v) is 4.22. The van der Waals surface area contributed by atoms with Crippen LogP contribution in [0.1, 0.15) is 28.9 Å². The fraction of sp³-hybridized carbons (Fsp3) is 0.692. The Hall–Kier alpha value is -1.57. The summed E-state index contributed by atoms with van der Waals surface area (Å²) in [6, 6.07) is 0. The monoisotopic (exact) mass is 303 g/mol. The molecule has 1 amide bonds. The van der Waals surface area contributed by atoms with E-state index in [1.54, 1.807) is 11.8 Å². The third-order valence-electron chi connectivity index (χ3n) is 4.22. The van der Waals surface area contributed by atoms with Crippen LogP contribution in [-0.4, -0.2) is 52.1 Å². The molecule has 0 aromatic carbocycles. The molecule has 2 aliphatic heterocycles. The van der Waals surface area contributed by atoms with Gasteiger partial charge in [-0.2, -0.15) is 18.3 Å². The van der Waals surface area contributed by atoms with Crippen molar-refractivity contribution in [1.82, 2.24) is 14.7 Å². The highest BCUT2D eigenvalue weighted by atomic mass is 19.4. The summed E-state index contributed by atoms with van der Waals surface area (Å²) in [6.07, 6.45) is -1.49. The first-order valence-corrected chi connectivity index (χ1v) is 6.81. The molecule has 1 aromatic heterocycles. The summed E-state index contributed by atoms with van der Waals surface area (Å²) in [5, 5.41) is 3.79. The van der Waals surface area contributed by atoms with Crippen LogP contribution in [-0.2, 0) is 11.3 Å². The fourth-order valence-electron chi connectivity index (χ4n) is 3.00. The van der Waals surface area contributed by atoms with E-state index in [1.807, 2.05) is 0 Å². The number of hydrogen-bond donors (Lipinski definition) is 0. The van der Waals surface area contributed by atoms with E-state index >= 15 is 0 Å². The van der Waals surface area contributed by atoms with Gasteiger partial charge in [-0.15, -0.1) is 0 Å². The molecule has 3 heterocycles. The second kappa shape index (κ2) is 4.72. The summed E-state index contributed by atoms with van der Waals surface area (Å²) >= 11 is 0. The Morgan fingerprint density at radius 2 is 2.24 bits per heavy atom. The van der Waals surface area contributed by atoms with Crippen LogP contribution in [0.3, 0.4) is 0 Å². The molecule has 1 spiro atoms. The van der Waals surface area contributed by atoms with Crippen LogP contribution < -0.4 is 0 Å². The van der Waals surface area contributed by atoms with Crippen LogP contribution in [0.2, 0.25) is 0 Å². The van der Waals surface area contributed by atoms with Crippen LogP contribution >= 0.6 is 0 Å². The molecule has 2 saturated heterocycles.